The molecule has 0 unspecified atom stereocenters. The normalized spacial score (nSPS) is 14.7. The van der Waals surface area contributed by atoms with Gasteiger partial charge in [0, 0.05) is 0 Å². The van der Waals surface area contributed by atoms with Gasteiger partial charge in [-0.05, 0) is 25.9 Å². The molecule has 0 spiro atoms. The number of nitrogens with one attached hydrogen (secondary N) is 1. The lowest BCUT2D eigenvalue weighted by Crippen LogP contribution is -2.03. The molecule has 4 heteroatoms. The Morgan fingerprint density at radius 1 is 1.18 bits per heavy atom. The van der Waals surface area contributed by atoms with Crippen molar-refractivity contribution in [2.45, 2.75) is 33.3 Å². The van der Waals surface area contributed by atoms with Gasteiger partial charge in [0.05, 0.1) is 0 Å². The van der Waals surface area contributed by atoms with E-state index in [1.807, 2.05) is 13.8 Å². The summed E-state index contributed by atoms with van der Waals surface area (Å²) in [6.45, 7) is 3.33. The number of halogens is 2. The van der Waals surface area contributed by atoms with Crippen molar-refractivity contribution in [1.29, 1.82) is 0 Å². The third-order valence-corrected chi connectivity index (χ3v) is 0.957. The topological polar surface area (TPSA) is 32.3 Å². The zero-order chi connectivity index (χ0) is 9.11. The number of rotatable bonds is 0. The second-order valence-electron chi connectivity index (χ2n) is 1.73. The summed E-state index contributed by atoms with van der Waals surface area (Å²) in [4.78, 5) is 0. The molecular formula is C7H17F2NO. The predicted octanol–water partition coefficient (Wildman–Crippen LogP) is 1.60. The van der Waals surface area contributed by atoms with Gasteiger partial charge in [0.15, 0.2) is 0 Å². The Kier molecular flexibility index (Phi) is 15.1. The largest absolute Gasteiger partial charge is 0.342 e. The van der Waals surface area contributed by atoms with E-state index in [2.05, 4.69) is 5.32 Å². The van der Waals surface area contributed by atoms with E-state index in [-0.39, 0.29) is 0 Å². The molecule has 1 rings (SSSR count). The lowest BCUT2D eigenvalue weighted by Gasteiger charge is -1.76. The quantitative estimate of drug-likeness (QED) is 0.577. The van der Waals surface area contributed by atoms with Crippen LogP contribution in [-0.2, 0) is 0 Å². The molecule has 70 valence electrons. The SMILES string of the molecule is C1CCNC1.CC.OC(F)F. The van der Waals surface area contributed by atoms with Gasteiger partial charge >= 0.3 is 6.61 Å². The monoisotopic (exact) mass is 169 g/mol. The van der Waals surface area contributed by atoms with Gasteiger partial charge in [-0.25, -0.2) is 0 Å². The standard InChI is InChI=1S/C4H9N.C2H6.CH2F2O/c1-2-4-5-3-1;1-2;2-1(3)4/h5H,1-4H2;1-2H3;1,4H. The average molecular weight is 169 g/mol. The fraction of sp³-hybridized carbons (Fsp3) is 1.00. The molecule has 0 aliphatic carbocycles. The van der Waals surface area contributed by atoms with Crippen LogP contribution in [0.4, 0.5) is 8.78 Å². The van der Waals surface area contributed by atoms with Gasteiger partial charge in [-0.3, -0.25) is 0 Å². The van der Waals surface area contributed by atoms with Crippen molar-refractivity contribution in [2.24, 2.45) is 0 Å². The van der Waals surface area contributed by atoms with Crippen LogP contribution in [0.25, 0.3) is 0 Å². The molecule has 0 bridgehead atoms. The Hall–Kier alpha value is -0.220. The summed E-state index contributed by atoms with van der Waals surface area (Å²) in [5, 5.41) is 9.94. The number of hydrogen-bond acceptors (Lipinski definition) is 2. The first-order chi connectivity index (χ1) is 5.23. The van der Waals surface area contributed by atoms with Gasteiger partial charge in [0.25, 0.3) is 0 Å². The summed E-state index contributed by atoms with van der Waals surface area (Å²) in [6, 6.07) is 0. The summed E-state index contributed by atoms with van der Waals surface area (Å²) >= 11 is 0. The zero-order valence-corrected chi connectivity index (χ0v) is 7.11. The molecule has 1 aliphatic heterocycles. The Bertz CT molecular complexity index is 48.0. The maximum absolute atomic E-state index is 9.89. The first kappa shape index (κ1) is 13.4. The van der Waals surface area contributed by atoms with E-state index >= 15 is 0 Å². The summed E-state index contributed by atoms with van der Waals surface area (Å²) in [5.41, 5.74) is 0. The highest BCUT2D eigenvalue weighted by Crippen LogP contribution is 1.90. The lowest BCUT2D eigenvalue weighted by molar-refractivity contribution is -0.0728. The van der Waals surface area contributed by atoms with Crippen LogP contribution in [0.5, 0.6) is 0 Å². The van der Waals surface area contributed by atoms with Crippen LogP contribution in [0.2, 0.25) is 0 Å². The first-order valence-corrected chi connectivity index (χ1v) is 3.90. The molecule has 0 aromatic heterocycles. The highest BCUT2D eigenvalue weighted by Gasteiger charge is 1.93. The van der Waals surface area contributed by atoms with Crippen molar-refractivity contribution >= 4 is 0 Å². The maximum Gasteiger partial charge on any atom is 0.342 e. The molecule has 0 aromatic rings. The van der Waals surface area contributed by atoms with Gasteiger partial charge in [0.1, 0.15) is 0 Å². The highest BCUT2D eigenvalue weighted by atomic mass is 19.3. The van der Waals surface area contributed by atoms with Crippen LogP contribution in [-0.4, -0.2) is 24.8 Å². The molecule has 0 amide bonds. The summed E-state index contributed by atoms with van der Waals surface area (Å²) in [6.07, 6.45) is 2.78. The zero-order valence-electron chi connectivity index (χ0n) is 7.11. The average Bonchev–Trinajstić information content (AvgIpc) is 2.44. The molecule has 1 heterocycles. The summed E-state index contributed by atoms with van der Waals surface area (Å²) in [5.74, 6) is 0. The van der Waals surface area contributed by atoms with E-state index in [4.69, 9.17) is 5.11 Å². The van der Waals surface area contributed by atoms with Crippen LogP contribution in [0.3, 0.4) is 0 Å². The van der Waals surface area contributed by atoms with E-state index < -0.39 is 6.61 Å². The minimum atomic E-state index is -3.17. The van der Waals surface area contributed by atoms with Gasteiger partial charge < -0.3 is 10.4 Å². The first-order valence-electron chi connectivity index (χ1n) is 3.90. The summed E-state index contributed by atoms with van der Waals surface area (Å²) in [7, 11) is 0. The Morgan fingerprint density at radius 2 is 1.45 bits per heavy atom. The van der Waals surface area contributed by atoms with E-state index in [1.54, 1.807) is 0 Å². The fourth-order valence-corrected chi connectivity index (χ4v) is 0.625. The third kappa shape index (κ3) is 25.9. The predicted molar refractivity (Wildman–Crippen MR) is 41.7 cm³/mol. The molecule has 0 radical (unpaired) electrons. The molecule has 0 aromatic carbocycles. The van der Waals surface area contributed by atoms with Crippen molar-refractivity contribution in [3.63, 3.8) is 0 Å². The fourth-order valence-electron chi connectivity index (χ4n) is 0.625. The van der Waals surface area contributed by atoms with Crippen molar-refractivity contribution in [1.82, 2.24) is 5.32 Å². The molecule has 2 N–H and O–H groups in total. The highest BCUT2D eigenvalue weighted by molar-refractivity contribution is 4.55. The van der Waals surface area contributed by atoms with Crippen LogP contribution >= 0.6 is 0 Å². The molecule has 1 fully saturated rings. The van der Waals surface area contributed by atoms with Gasteiger partial charge in [-0.2, -0.15) is 8.78 Å². The van der Waals surface area contributed by atoms with Crippen molar-refractivity contribution in [3.8, 4) is 0 Å². The number of alkyl halides is 2. The summed E-state index contributed by atoms with van der Waals surface area (Å²) < 4.78 is 19.8. The number of aliphatic hydroxyl groups excluding tert-OH is 1. The molecule has 1 saturated heterocycles. The Morgan fingerprint density at radius 3 is 1.55 bits per heavy atom. The molecule has 11 heavy (non-hydrogen) atoms. The smallest absolute Gasteiger partial charge is 0.339 e. The number of aliphatic hydroxyl groups is 1. The Balaban J connectivity index is 0. The van der Waals surface area contributed by atoms with Crippen molar-refractivity contribution < 1.29 is 13.9 Å². The van der Waals surface area contributed by atoms with Crippen LogP contribution in [0.1, 0.15) is 26.7 Å². The van der Waals surface area contributed by atoms with Crippen molar-refractivity contribution in [3.05, 3.63) is 0 Å². The van der Waals surface area contributed by atoms with E-state index in [1.165, 1.54) is 25.9 Å². The Labute approximate surface area is 66.6 Å². The lowest BCUT2D eigenvalue weighted by atomic mass is 10.4. The molecule has 0 atom stereocenters. The van der Waals surface area contributed by atoms with Crippen LogP contribution < -0.4 is 5.32 Å². The van der Waals surface area contributed by atoms with Gasteiger partial charge in [0.2, 0.25) is 0 Å². The molecule has 0 saturated carbocycles. The second-order valence-corrected chi connectivity index (χ2v) is 1.73. The minimum absolute atomic E-state index is 1.25. The van der Waals surface area contributed by atoms with Crippen LogP contribution in [0.15, 0.2) is 0 Å². The third-order valence-electron chi connectivity index (χ3n) is 0.957. The van der Waals surface area contributed by atoms with Gasteiger partial charge in [-0.15, -0.1) is 0 Å². The minimum Gasteiger partial charge on any atom is -0.339 e. The molecule has 1 aliphatic rings. The van der Waals surface area contributed by atoms with E-state index in [0.29, 0.717) is 0 Å². The van der Waals surface area contributed by atoms with E-state index in [9.17, 15) is 8.78 Å². The van der Waals surface area contributed by atoms with Crippen molar-refractivity contribution in [2.75, 3.05) is 13.1 Å². The maximum atomic E-state index is 9.89. The molecular weight excluding hydrogens is 152 g/mol. The van der Waals surface area contributed by atoms with Crippen LogP contribution in [0, 0.1) is 0 Å². The number of hydrogen-bond donors (Lipinski definition) is 2. The van der Waals surface area contributed by atoms with Gasteiger partial charge in [-0.1, -0.05) is 13.8 Å². The second kappa shape index (κ2) is 12.5. The van der Waals surface area contributed by atoms with E-state index in [0.717, 1.165) is 0 Å². The molecule has 2 nitrogen and oxygen atoms in total.